The largest absolute Gasteiger partial charge is 0.454 e. The number of hydrogen-bond donors (Lipinski definition) is 1. The minimum Gasteiger partial charge on any atom is -0.454 e. The zero-order valence-electron chi connectivity index (χ0n) is 11.6. The van der Waals surface area contributed by atoms with Crippen LogP contribution in [-0.4, -0.2) is 17.9 Å². The van der Waals surface area contributed by atoms with Crippen molar-refractivity contribution in [3.63, 3.8) is 0 Å². The Hall–Kier alpha value is -1.94. The Balaban J connectivity index is 1.75. The van der Waals surface area contributed by atoms with Gasteiger partial charge in [-0.15, -0.1) is 0 Å². The first kappa shape index (κ1) is 11.9. The minimum atomic E-state index is 0.334. The average molecular weight is 271 g/mol. The Labute approximate surface area is 118 Å². The standard InChI is InChI=1S/C16H18N2O2/c1-2-3-6-17-16-11-8-14-15(20-10-19-14)9-13(11)18-7-4-5-12(16)18/h4-5,7-9,16-17H,2-3,6,10H2,1H3/p+1. The van der Waals surface area contributed by atoms with Crippen molar-refractivity contribution >= 4 is 0 Å². The van der Waals surface area contributed by atoms with Crippen LogP contribution in [0.2, 0.25) is 0 Å². The van der Waals surface area contributed by atoms with Crippen LogP contribution in [-0.2, 0) is 0 Å². The lowest BCUT2D eigenvalue weighted by molar-refractivity contribution is -0.687. The molecule has 0 aliphatic carbocycles. The van der Waals surface area contributed by atoms with Crippen molar-refractivity contribution in [2.75, 3.05) is 13.3 Å². The molecule has 2 N–H and O–H groups in total. The van der Waals surface area contributed by atoms with Crippen LogP contribution in [0.25, 0.3) is 5.69 Å². The fourth-order valence-electron chi connectivity index (χ4n) is 3.17. The van der Waals surface area contributed by atoms with E-state index < -0.39 is 0 Å². The van der Waals surface area contributed by atoms with Crippen LogP contribution in [0.3, 0.4) is 0 Å². The van der Waals surface area contributed by atoms with Crippen molar-refractivity contribution in [1.82, 2.24) is 4.57 Å². The molecule has 0 saturated heterocycles. The first-order chi connectivity index (χ1) is 9.88. The first-order valence-electron chi connectivity index (χ1n) is 7.33. The van der Waals surface area contributed by atoms with E-state index >= 15 is 0 Å². The average Bonchev–Trinajstić information content (AvgIpc) is 3.14. The van der Waals surface area contributed by atoms with Crippen LogP contribution in [0.15, 0.2) is 30.5 Å². The van der Waals surface area contributed by atoms with Crippen LogP contribution in [0.5, 0.6) is 11.5 Å². The molecule has 3 heterocycles. The summed E-state index contributed by atoms with van der Waals surface area (Å²) in [6.07, 6.45) is 4.61. The van der Waals surface area contributed by atoms with E-state index in [-0.39, 0.29) is 0 Å². The molecule has 1 atom stereocenters. The Morgan fingerprint density at radius 2 is 2.15 bits per heavy atom. The van der Waals surface area contributed by atoms with Crippen molar-refractivity contribution < 1.29 is 14.8 Å². The number of ether oxygens (including phenoxy) is 2. The highest BCUT2D eigenvalue weighted by atomic mass is 16.7. The fraction of sp³-hybridized carbons (Fsp3) is 0.375. The highest BCUT2D eigenvalue weighted by Gasteiger charge is 2.33. The van der Waals surface area contributed by atoms with Crippen LogP contribution in [0.1, 0.15) is 37.1 Å². The SMILES string of the molecule is CCCC[NH2+]C1c2cc3c(cc2-n2cccc21)OCO3. The molecule has 104 valence electrons. The first-order valence-corrected chi connectivity index (χ1v) is 7.33. The lowest BCUT2D eigenvalue weighted by atomic mass is 10.0. The summed E-state index contributed by atoms with van der Waals surface area (Å²) in [4.78, 5) is 0. The summed E-state index contributed by atoms with van der Waals surface area (Å²) >= 11 is 0. The van der Waals surface area contributed by atoms with E-state index in [4.69, 9.17) is 9.47 Å². The van der Waals surface area contributed by atoms with Gasteiger partial charge in [-0.05, 0) is 24.6 Å². The predicted molar refractivity (Wildman–Crippen MR) is 75.4 cm³/mol. The quantitative estimate of drug-likeness (QED) is 0.864. The van der Waals surface area contributed by atoms with Crippen molar-refractivity contribution in [2.24, 2.45) is 0 Å². The Morgan fingerprint density at radius 1 is 1.30 bits per heavy atom. The molecule has 4 nitrogen and oxygen atoms in total. The summed E-state index contributed by atoms with van der Waals surface area (Å²) in [5, 5.41) is 2.43. The van der Waals surface area contributed by atoms with Gasteiger partial charge in [-0.25, -0.2) is 0 Å². The van der Waals surface area contributed by atoms with E-state index in [9.17, 15) is 0 Å². The van der Waals surface area contributed by atoms with Gasteiger partial charge in [-0.1, -0.05) is 13.3 Å². The third kappa shape index (κ3) is 1.64. The van der Waals surface area contributed by atoms with Gasteiger partial charge < -0.3 is 19.4 Å². The number of fused-ring (bicyclic) bond motifs is 4. The second kappa shape index (κ2) is 4.56. The molecule has 2 aliphatic heterocycles. The molecule has 4 rings (SSSR count). The maximum atomic E-state index is 5.53. The summed E-state index contributed by atoms with van der Waals surface area (Å²) in [5.41, 5.74) is 3.91. The highest BCUT2D eigenvalue weighted by Crippen LogP contribution is 2.42. The summed E-state index contributed by atoms with van der Waals surface area (Å²) in [7, 11) is 0. The highest BCUT2D eigenvalue weighted by molar-refractivity contribution is 5.61. The van der Waals surface area contributed by atoms with Gasteiger partial charge in [0.1, 0.15) is 0 Å². The normalized spacial score (nSPS) is 18.1. The van der Waals surface area contributed by atoms with Gasteiger partial charge in [0, 0.05) is 17.8 Å². The molecule has 0 radical (unpaired) electrons. The van der Waals surface area contributed by atoms with Gasteiger partial charge in [0.15, 0.2) is 17.5 Å². The number of benzene rings is 1. The number of quaternary nitrogens is 1. The zero-order chi connectivity index (χ0) is 13.5. The Kier molecular flexibility index (Phi) is 2.70. The third-order valence-electron chi connectivity index (χ3n) is 4.18. The Bertz CT molecular complexity index is 648. The summed E-state index contributed by atoms with van der Waals surface area (Å²) < 4.78 is 13.3. The van der Waals surface area contributed by atoms with Crippen LogP contribution in [0, 0.1) is 0 Å². The molecule has 0 amide bonds. The number of unbranched alkanes of at least 4 members (excludes halogenated alkanes) is 1. The van der Waals surface area contributed by atoms with E-state index in [1.165, 1.54) is 29.8 Å². The molecule has 0 saturated carbocycles. The fourth-order valence-corrected chi connectivity index (χ4v) is 3.17. The van der Waals surface area contributed by atoms with Crippen molar-refractivity contribution in [1.29, 1.82) is 0 Å². The number of nitrogens with zero attached hydrogens (tertiary/aromatic N) is 1. The van der Waals surface area contributed by atoms with Crippen molar-refractivity contribution in [2.45, 2.75) is 25.8 Å². The van der Waals surface area contributed by atoms with Gasteiger partial charge in [0.2, 0.25) is 6.79 Å². The van der Waals surface area contributed by atoms with E-state index in [0.717, 1.165) is 18.0 Å². The minimum absolute atomic E-state index is 0.334. The van der Waals surface area contributed by atoms with Crippen LogP contribution in [0.4, 0.5) is 0 Å². The molecule has 4 heteroatoms. The van der Waals surface area contributed by atoms with E-state index in [1.54, 1.807) is 0 Å². The molecule has 1 unspecified atom stereocenters. The molecule has 0 fully saturated rings. The molecular formula is C16H19N2O2+. The molecular weight excluding hydrogens is 252 g/mol. The predicted octanol–water partition coefficient (Wildman–Crippen LogP) is 1.97. The van der Waals surface area contributed by atoms with Gasteiger partial charge in [-0.3, -0.25) is 0 Å². The van der Waals surface area contributed by atoms with E-state index in [1.807, 2.05) is 0 Å². The Morgan fingerprint density at radius 3 is 3.00 bits per heavy atom. The number of hydrogen-bond acceptors (Lipinski definition) is 2. The molecule has 2 aliphatic rings. The molecule has 0 bridgehead atoms. The van der Waals surface area contributed by atoms with Gasteiger partial charge in [-0.2, -0.15) is 0 Å². The summed E-state index contributed by atoms with van der Waals surface area (Å²) in [5.74, 6) is 1.74. The van der Waals surface area contributed by atoms with Gasteiger partial charge in [0.25, 0.3) is 0 Å². The van der Waals surface area contributed by atoms with E-state index in [2.05, 4.69) is 47.3 Å². The molecule has 1 aromatic carbocycles. The molecule has 1 aromatic heterocycles. The number of aromatic nitrogens is 1. The second-order valence-corrected chi connectivity index (χ2v) is 5.42. The number of nitrogens with two attached hydrogens (primary N) is 1. The maximum Gasteiger partial charge on any atom is 0.231 e. The summed E-state index contributed by atoms with van der Waals surface area (Å²) in [6, 6.07) is 8.96. The zero-order valence-corrected chi connectivity index (χ0v) is 11.6. The summed E-state index contributed by atoms with van der Waals surface area (Å²) in [6.45, 7) is 3.72. The van der Waals surface area contributed by atoms with Crippen LogP contribution >= 0.6 is 0 Å². The van der Waals surface area contributed by atoms with E-state index in [0.29, 0.717) is 12.8 Å². The van der Waals surface area contributed by atoms with Crippen molar-refractivity contribution in [3.8, 4) is 17.2 Å². The van der Waals surface area contributed by atoms with Gasteiger partial charge >= 0.3 is 0 Å². The lowest BCUT2D eigenvalue weighted by Gasteiger charge is -2.10. The second-order valence-electron chi connectivity index (χ2n) is 5.42. The smallest absolute Gasteiger partial charge is 0.231 e. The maximum absolute atomic E-state index is 5.53. The van der Waals surface area contributed by atoms with Crippen molar-refractivity contribution in [3.05, 3.63) is 41.7 Å². The molecule has 20 heavy (non-hydrogen) atoms. The molecule has 2 aromatic rings. The third-order valence-corrected chi connectivity index (χ3v) is 4.18. The molecule has 0 spiro atoms. The number of rotatable bonds is 4. The topological polar surface area (TPSA) is 40.0 Å². The monoisotopic (exact) mass is 271 g/mol. The van der Waals surface area contributed by atoms with Gasteiger partial charge in [0.05, 0.1) is 17.9 Å². The lowest BCUT2D eigenvalue weighted by Crippen LogP contribution is -2.85. The van der Waals surface area contributed by atoms with Crippen LogP contribution < -0.4 is 14.8 Å².